The van der Waals surface area contributed by atoms with E-state index in [1.807, 2.05) is 40.9 Å². The molecule has 4 aromatic rings. The molecule has 1 aliphatic carbocycles. The van der Waals surface area contributed by atoms with Crippen LogP contribution >= 0.6 is 11.6 Å². The van der Waals surface area contributed by atoms with Gasteiger partial charge in [0.1, 0.15) is 17.5 Å². The van der Waals surface area contributed by atoms with Crippen molar-refractivity contribution in [1.29, 1.82) is 0 Å². The fraction of sp³-hybridized carbons (Fsp3) is 0.269. The third-order valence-electron chi connectivity index (χ3n) is 6.57. The van der Waals surface area contributed by atoms with E-state index in [9.17, 15) is 4.79 Å². The first-order valence-electron chi connectivity index (χ1n) is 11.4. The first-order valence-corrected chi connectivity index (χ1v) is 11.8. The molecule has 6 nitrogen and oxygen atoms in total. The number of ether oxygens (including phenoxy) is 1. The number of imidazole rings is 1. The first-order chi connectivity index (χ1) is 16.6. The molecular formula is C26H22ClFN4O2. The Morgan fingerprint density at radius 3 is 2.85 bits per heavy atom. The Balaban J connectivity index is 1.40. The van der Waals surface area contributed by atoms with Crippen molar-refractivity contribution >= 4 is 23.2 Å². The lowest BCUT2D eigenvalue weighted by atomic mass is 9.93. The predicted molar refractivity (Wildman–Crippen MR) is 126 cm³/mol. The van der Waals surface area contributed by atoms with E-state index in [1.54, 1.807) is 29.3 Å². The number of fused-ring (bicyclic) bond motifs is 3. The lowest BCUT2D eigenvalue weighted by Crippen LogP contribution is -2.43. The number of halogens is 2. The van der Waals surface area contributed by atoms with Crippen LogP contribution in [0.3, 0.4) is 0 Å². The van der Waals surface area contributed by atoms with Crippen molar-refractivity contribution < 1.29 is 13.9 Å². The van der Waals surface area contributed by atoms with Gasteiger partial charge in [-0.25, -0.2) is 14.4 Å². The highest BCUT2D eigenvalue weighted by molar-refractivity contribution is 6.30. The van der Waals surface area contributed by atoms with Crippen LogP contribution in [0.25, 0.3) is 5.65 Å². The second-order valence-electron chi connectivity index (χ2n) is 8.75. The Kier molecular flexibility index (Phi) is 5.21. The van der Waals surface area contributed by atoms with Crippen LogP contribution in [0.2, 0.25) is 5.15 Å². The summed E-state index contributed by atoms with van der Waals surface area (Å²) in [5.41, 5.74) is 3.95. The van der Waals surface area contributed by atoms with Gasteiger partial charge < -0.3 is 14.0 Å². The molecule has 0 radical (unpaired) electrons. The molecule has 1 aliphatic heterocycles. The zero-order chi connectivity index (χ0) is 23.2. The molecule has 1 aromatic carbocycles. The number of aromatic nitrogens is 3. The number of hydrogen-bond donors (Lipinski definition) is 0. The largest absolute Gasteiger partial charge is 0.481 e. The summed E-state index contributed by atoms with van der Waals surface area (Å²) >= 11 is 6.08. The Labute approximate surface area is 201 Å². The molecule has 0 spiro atoms. The molecule has 2 aliphatic rings. The second kappa shape index (κ2) is 8.40. The monoisotopic (exact) mass is 476 g/mol. The lowest BCUT2D eigenvalue weighted by Gasteiger charge is -2.36. The summed E-state index contributed by atoms with van der Waals surface area (Å²) in [6.45, 7) is 0.185. The van der Waals surface area contributed by atoms with Gasteiger partial charge >= 0.3 is 0 Å². The zero-order valence-corrected chi connectivity index (χ0v) is 19.1. The highest BCUT2D eigenvalue weighted by atomic mass is 35.5. The number of carbonyl (C=O) groups is 1. The van der Waals surface area contributed by atoms with Gasteiger partial charge in [0.15, 0.2) is 17.5 Å². The SMILES string of the molecule is O=C(COc1cccnc1Cl)N1CCc2nc3ccccn3c2C1c1ccc(C2CC2)cc1F. The summed E-state index contributed by atoms with van der Waals surface area (Å²) in [5, 5.41) is 0.191. The third-order valence-corrected chi connectivity index (χ3v) is 6.85. The van der Waals surface area contributed by atoms with E-state index >= 15 is 4.39 Å². The molecule has 1 fully saturated rings. The predicted octanol–water partition coefficient (Wildman–Crippen LogP) is 4.95. The van der Waals surface area contributed by atoms with Crippen LogP contribution in [-0.2, 0) is 11.2 Å². The average Bonchev–Trinajstić information content (AvgIpc) is 3.63. The Bertz CT molecular complexity index is 1400. The van der Waals surface area contributed by atoms with Gasteiger partial charge in [0.05, 0.1) is 11.4 Å². The molecule has 172 valence electrons. The van der Waals surface area contributed by atoms with Gasteiger partial charge in [0, 0.05) is 30.9 Å². The number of benzene rings is 1. The molecule has 0 N–H and O–H groups in total. The summed E-state index contributed by atoms with van der Waals surface area (Å²) in [6, 6.07) is 13.9. The van der Waals surface area contributed by atoms with Crippen molar-refractivity contribution in [2.45, 2.75) is 31.2 Å². The fourth-order valence-electron chi connectivity index (χ4n) is 4.76. The van der Waals surface area contributed by atoms with E-state index in [0.29, 0.717) is 30.2 Å². The molecular weight excluding hydrogens is 455 g/mol. The summed E-state index contributed by atoms with van der Waals surface area (Å²) in [7, 11) is 0. The standard InChI is InChI=1S/C26H22ClFN4O2/c27-26-21(4-3-11-29-26)34-15-23(33)32-13-10-20-25(31-12-2-1-5-22(31)30-20)24(32)18-9-8-17(14-19(18)28)16-6-7-16/h1-5,8-9,11-12,14,16,24H,6-7,10,13,15H2. The van der Waals surface area contributed by atoms with Gasteiger partial charge in [-0.3, -0.25) is 4.79 Å². The van der Waals surface area contributed by atoms with Gasteiger partial charge in [-0.1, -0.05) is 29.8 Å². The highest BCUT2D eigenvalue weighted by Crippen LogP contribution is 2.42. The van der Waals surface area contributed by atoms with Gasteiger partial charge in [0.2, 0.25) is 0 Å². The highest BCUT2D eigenvalue weighted by Gasteiger charge is 2.37. The molecule has 1 unspecified atom stereocenters. The van der Waals surface area contributed by atoms with E-state index in [2.05, 4.69) is 4.98 Å². The molecule has 0 bridgehead atoms. The van der Waals surface area contributed by atoms with Gasteiger partial charge in [-0.05, 0) is 54.7 Å². The maximum atomic E-state index is 15.5. The Morgan fingerprint density at radius 2 is 2.06 bits per heavy atom. The molecule has 1 atom stereocenters. The summed E-state index contributed by atoms with van der Waals surface area (Å²) in [5.74, 6) is 0.215. The quantitative estimate of drug-likeness (QED) is 0.382. The molecule has 6 rings (SSSR count). The number of pyridine rings is 2. The minimum absolute atomic E-state index is 0.191. The summed E-state index contributed by atoms with van der Waals surface area (Å²) < 4.78 is 23.2. The van der Waals surface area contributed by atoms with Crippen molar-refractivity contribution in [3.8, 4) is 5.75 Å². The van der Waals surface area contributed by atoms with Gasteiger partial charge in [0.25, 0.3) is 5.91 Å². The molecule has 4 heterocycles. The van der Waals surface area contributed by atoms with Crippen molar-refractivity contribution in [2.75, 3.05) is 13.2 Å². The van der Waals surface area contributed by atoms with Crippen LogP contribution < -0.4 is 4.74 Å². The van der Waals surface area contributed by atoms with Crippen molar-refractivity contribution in [3.63, 3.8) is 0 Å². The van der Waals surface area contributed by atoms with Crippen LogP contribution in [0.15, 0.2) is 60.9 Å². The number of amides is 1. The van der Waals surface area contributed by atoms with Crippen molar-refractivity contribution in [3.05, 3.63) is 94.4 Å². The fourth-order valence-corrected chi connectivity index (χ4v) is 4.93. The van der Waals surface area contributed by atoms with E-state index < -0.39 is 6.04 Å². The lowest BCUT2D eigenvalue weighted by molar-refractivity contribution is -0.135. The van der Waals surface area contributed by atoms with Crippen LogP contribution in [0.1, 0.15) is 47.3 Å². The Morgan fingerprint density at radius 1 is 1.18 bits per heavy atom. The molecule has 1 amide bonds. The van der Waals surface area contributed by atoms with Gasteiger partial charge in [-0.2, -0.15) is 0 Å². The topological polar surface area (TPSA) is 59.7 Å². The molecule has 0 saturated heterocycles. The Hall–Kier alpha value is -3.45. The van der Waals surface area contributed by atoms with Crippen LogP contribution in [-0.4, -0.2) is 38.3 Å². The van der Waals surface area contributed by atoms with Gasteiger partial charge in [-0.15, -0.1) is 0 Å². The maximum Gasteiger partial charge on any atom is 0.261 e. The van der Waals surface area contributed by atoms with Crippen LogP contribution in [0.5, 0.6) is 5.75 Å². The van der Waals surface area contributed by atoms with E-state index in [4.69, 9.17) is 21.3 Å². The second-order valence-corrected chi connectivity index (χ2v) is 9.11. The molecule has 8 heteroatoms. The summed E-state index contributed by atoms with van der Waals surface area (Å²) in [4.78, 5) is 23.8. The van der Waals surface area contributed by atoms with E-state index in [-0.39, 0.29) is 23.5 Å². The van der Waals surface area contributed by atoms with Crippen LogP contribution in [0, 0.1) is 5.82 Å². The normalized spacial score (nSPS) is 17.6. The molecule has 34 heavy (non-hydrogen) atoms. The third kappa shape index (κ3) is 3.70. The number of nitrogens with zero attached hydrogens (tertiary/aromatic N) is 4. The minimum atomic E-state index is -0.616. The van der Waals surface area contributed by atoms with E-state index in [0.717, 1.165) is 35.4 Å². The summed E-state index contributed by atoms with van der Waals surface area (Å²) in [6.07, 6.45) is 6.23. The number of carbonyl (C=O) groups excluding carboxylic acids is 1. The smallest absolute Gasteiger partial charge is 0.261 e. The zero-order valence-electron chi connectivity index (χ0n) is 18.3. The molecule has 1 saturated carbocycles. The average molecular weight is 477 g/mol. The number of rotatable bonds is 5. The van der Waals surface area contributed by atoms with Crippen molar-refractivity contribution in [1.82, 2.24) is 19.3 Å². The first kappa shape index (κ1) is 21.1. The maximum absolute atomic E-state index is 15.5. The minimum Gasteiger partial charge on any atom is -0.481 e. The van der Waals surface area contributed by atoms with Crippen molar-refractivity contribution in [2.24, 2.45) is 0 Å². The van der Waals surface area contributed by atoms with Crippen LogP contribution in [0.4, 0.5) is 4.39 Å². The molecule has 3 aromatic heterocycles. The number of hydrogen-bond acceptors (Lipinski definition) is 4. The van der Waals surface area contributed by atoms with E-state index in [1.165, 1.54) is 0 Å².